The fourth-order valence-electron chi connectivity index (χ4n) is 2.26. The second-order valence-electron chi connectivity index (χ2n) is 4.92. The van der Waals surface area contributed by atoms with Crippen molar-refractivity contribution in [1.82, 2.24) is 15.1 Å². The molecule has 1 aromatic heterocycles. The average Bonchev–Trinajstić information content (AvgIpc) is 3.06. The number of benzene rings is 2. The van der Waals surface area contributed by atoms with Gasteiger partial charge < -0.3 is 5.32 Å². The van der Waals surface area contributed by atoms with Crippen molar-refractivity contribution in [2.24, 2.45) is 0 Å². The van der Waals surface area contributed by atoms with E-state index in [2.05, 4.69) is 26.3 Å². The third-order valence-corrected chi connectivity index (χ3v) is 3.76. The van der Waals surface area contributed by atoms with Gasteiger partial charge >= 0.3 is 0 Å². The van der Waals surface area contributed by atoms with Crippen molar-refractivity contribution in [1.29, 1.82) is 0 Å². The molecule has 116 valence electrons. The molecular formula is C17H13BrFN3O. The molecule has 0 aliphatic rings. The molecule has 0 unspecified atom stereocenters. The first-order valence-corrected chi connectivity index (χ1v) is 7.75. The molecule has 1 amide bonds. The maximum atomic E-state index is 13.4. The Morgan fingerprint density at radius 3 is 2.78 bits per heavy atom. The van der Waals surface area contributed by atoms with E-state index in [0.717, 1.165) is 11.3 Å². The first-order chi connectivity index (χ1) is 11.1. The van der Waals surface area contributed by atoms with E-state index in [9.17, 15) is 9.18 Å². The van der Waals surface area contributed by atoms with Crippen molar-refractivity contribution < 1.29 is 9.18 Å². The van der Waals surface area contributed by atoms with Crippen LogP contribution in [0.4, 0.5) is 4.39 Å². The Hall–Kier alpha value is -2.47. The van der Waals surface area contributed by atoms with Crippen LogP contribution < -0.4 is 5.32 Å². The van der Waals surface area contributed by atoms with Gasteiger partial charge in [-0.15, -0.1) is 0 Å². The number of hydrogen-bond donors (Lipinski definition) is 1. The quantitative estimate of drug-likeness (QED) is 0.757. The number of nitrogens with one attached hydrogen (secondary N) is 1. The van der Waals surface area contributed by atoms with Crippen LogP contribution in [0.1, 0.15) is 15.9 Å². The van der Waals surface area contributed by atoms with E-state index in [0.29, 0.717) is 11.0 Å². The highest BCUT2D eigenvalue weighted by atomic mass is 79.9. The summed E-state index contributed by atoms with van der Waals surface area (Å²) in [6.45, 7) is 0.322. The highest BCUT2D eigenvalue weighted by Crippen LogP contribution is 2.16. The molecule has 0 spiro atoms. The molecule has 0 fully saturated rings. The summed E-state index contributed by atoms with van der Waals surface area (Å²) in [5, 5.41) is 7.01. The smallest absolute Gasteiger partial charge is 0.251 e. The molecule has 6 heteroatoms. The predicted octanol–water partition coefficient (Wildman–Crippen LogP) is 3.70. The summed E-state index contributed by atoms with van der Waals surface area (Å²) in [5.41, 5.74) is 2.08. The van der Waals surface area contributed by atoms with Crippen LogP contribution in [-0.4, -0.2) is 15.7 Å². The first-order valence-electron chi connectivity index (χ1n) is 6.96. The maximum absolute atomic E-state index is 13.4. The summed E-state index contributed by atoms with van der Waals surface area (Å²) in [7, 11) is 0. The van der Waals surface area contributed by atoms with E-state index in [1.807, 2.05) is 36.5 Å². The lowest BCUT2D eigenvalue weighted by molar-refractivity contribution is 0.0950. The molecule has 2 aromatic carbocycles. The van der Waals surface area contributed by atoms with Crippen LogP contribution in [-0.2, 0) is 6.54 Å². The molecule has 0 saturated heterocycles. The Bertz CT molecular complexity index is 813. The third-order valence-electron chi connectivity index (χ3n) is 3.31. The van der Waals surface area contributed by atoms with E-state index < -0.39 is 5.82 Å². The van der Waals surface area contributed by atoms with E-state index in [1.54, 1.807) is 16.9 Å². The summed E-state index contributed by atoms with van der Waals surface area (Å²) in [6, 6.07) is 13.6. The van der Waals surface area contributed by atoms with Crippen molar-refractivity contribution in [3.8, 4) is 5.69 Å². The normalized spacial score (nSPS) is 10.5. The minimum Gasteiger partial charge on any atom is -0.348 e. The van der Waals surface area contributed by atoms with Crippen LogP contribution in [0.5, 0.6) is 0 Å². The van der Waals surface area contributed by atoms with Gasteiger partial charge in [0.1, 0.15) is 5.82 Å². The first kappa shape index (κ1) is 15.4. The minimum absolute atomic E-state index is 0.272. The number of rotatable bonds is 4. The molecule has 0 bridgehead atoms. The molecule has 0 aliphatic heterocycles. The van der Waals surface area contributed by atoms with Crippen LogP contribution in [0, 0.1) is 5.82 Å². The number of halogens is 2. The monoisotopic (exact) mass is 373 g/mol. The molecule has 3 rings (SSSR count). The van der Waals surface area contributed by atoms with Crippen LogP contribution in [0.15, 0.2) is 65.4 Å². The Kier molecular flexibility index (Phi) is 4.52. The SMILES string of the molecule is O=C(NCc1ccccc1-n1cccn1)c1cc(F)cc(Br)c1. The van der Waals surface area contributed by atoms with Gasteiger partial charge in [0.05, 0.1) is 5.69 Å². The lowest BCUT2D eigenvalue weighted by Crippen LogP contribution is -2.23. The summed E-state index contributed by atoms with van der Waals surface area (Å²) in [5.74, 6) is -0.790. The molecule has 0 aliphatic carbocycles. The van der Waals surface area contributed by atoms with Gasteiger partial charge in [-0.2, -0.15) is 5.10 Å². The second kappa shape index (κ2) is 6.75. The van der Waals surface area contributed by atoms with E-state index in [1.165, 1.54) is 12.1 Å². The van der Waals surface area contributed by atoms with Gasteiger partial charge in [-0.25, -0.2) is 9.07 Å². The van der Waals surface area contributed by atoms with Gasteiger partial charge in [0, 0.05) is 29.0 Å². The van der Waals surface area contributed by atoms with Crippen molar-refractivity contribution >= 4 is 21.8 Å². The van der Waals surface area contributed by atoms with Crippen LogP contribution in [0.2, 0.25) is 0 Å². The zero-order chi connectivity index (χ0) is 16.2. The highest BCUT2D eigenvalue weighted by Gasteiger charge is 2.10. The number of carbonyl (C=O) groups is 1. The number of aromatic nitrogens is 2. The second-order valence-corrected chi connectivity index (χ2v) is 5.84. The Labute approximate surface area is 141 Å². The highest BCUT2D eigenvalue weighted by molar-refractivity contribution is 9.10. The van der Waals surface area contributed by atoms with Crippen LogP contribution in [0.25, 0.3) is 5.69 Å². The molecule has 23 heavy (non-hydrogen) atoms. The lowest BCUT2D eigenvalue weighted by atomic mass is 10.1. The average molecular weight is 374 g/mol. The van der Waals surface area contributed by atoms with E-state index in [-0.39, 0.29) is 11.5 Å². The maximum Gasteiger partial charge on any atom is 0.251 e. The van der Waals surface area contributed by atoms with Gasteiger partial charge in [-0.3, -0.25) is 4.79 Å². The summed E-state index contributed by atoms with van der Waals surface area (Å²) in [6.07, 6.45) is 3.53. The van der Waals surface area contributed by atoms with E-state index >= 15 is 0 Å². The minimum atomic E-state index is -0.457. The summed E-state index contributed by atoms with van der Waals surface area (Å²) < 4.78 is 15.6. The lowest BCUT2D eigenvalue weighted by Gasteiger charge is -2.11. The topological polar surface area (TPSA) is 46.9 Å². The molecule has 1 N–H and O–H groups in total. The third kappa shape index (κ3) is 3.65. The zero-order valence-corrected chi connectivity index (χ0v) is 13.6. The zero-order valence-electron chi connectivity index (χ0n) is 12.0. The Balaban J connectivity index is 1.77. The van der Waals surface area contributed by atoms with Gasteiger partial charge in [-0.1, -0.05) is 34.1 Å². The molecule has 4 nitrogen and oxygen atoms in total. The predicted molar refractivity (Wildman–Crippen MR) is 88.8 cm³/mol. The van der Waals surface area contributed by atoms with Crippen molar-refractivity contribution in [2.45, 2.75) is 6.54 Å². The fourth-order valence-corrected chi connectivity index (χ4v) is 2.72. The fraction of sp³-hybridized carbons (Fsp3) is 0.0588. The van der Waals surface area contributed by atoms with Gasteiger partial charge in [-0.05, 0) is 35.9 Å². The summed E-state index contributed by atoms with van der Waals surface area (Å²) in [4.78, 5) is 12.2. The van der Waals surface area contributed by atoms with Crippen LogP contribution in [0.3, 0.4) is 0 Å². The van der Waals surface area contributed by atoms with Crippen molar-refractivity contribution in [2.75, 3.05) is 0 Å². The molecule has 3 aromatic rings. The molecule has 0 atom stereocenters. The standard InChI is InChI=1S/C17H13BrFN3O/c18-14-8-13(9-15(19)10-14)17(23)20-11-12-4-1-2-5-16(12)22-7-3-6-21-22/h1-10H,11H2,(H,20,23). The van der Waals surface area contributed by atoms with Crippen molar-refractivity contribution in [3.05, 3.63) is 82.3 Å². The molecular weight excluding hydrogens is 361 g/mol. The van der Waals surface area contributed by atoms with Gasteiger partial charge in [0.25, 0.3) is 5.91 Å². The number of para-hydroxylation sites is 1. The summed E-state index contributed by atoms with van der Waals surface area (Å²) >= 11 is 3.18. The number of carbonyl (C=O) groups excluding carboxylic acids is 1. The number of hydrogen-bond acceptors (Lipinski definition) is 2. The van der Waals surface area contributed by atoms with Crippen molar-refractivity contribution in [3.63, 3.8) is 0 Å². The van der Waals surface area contributed by atoms with Gasteiger partial charge in [0.2, 0.25) is 0 Å². The number of nitrogens with zero attached hydrogens (tertiary/aromatic N) is 2. The number of amides is 1. The molecule has 0 radical (unpaired) electrons. The Morgan fingerprint density at radius 2 is 2.04 bits per heavy atom. The van der Waals surface area contributed by atoms with E-state index in [4.69, 9.17) is 0 Å². The molecule has 1 heterocycles. The van der Waals surface area contributed by atoms with Gasteiger partial charge in [0.15, 0.2) is 0 Å². The van der Waals surface area contributed by atoms with Crippen LogP contribution >= 0.6 is 15.9 Å². The Morgan fingerprint density at radius 1 is 1.22 bits per heavy atom. The largest absolute Gasteiger partial charge is 0.348 e. The molecule has 0 saturated carbocycles.